The van der Waals surface area contributed by atoms with Gasteiger partial charge in [0.05, 0.1) is 0 Å². The van der Waals surface area contributed by atoms with E-state index in [-0.39, 0.29) is 29.6 Å². The molecular formula is C2H9NaOS. The van der Waals surface area contributed by atoms with Crippen LogP contribution in [0.4, 0.5) is 0 Å². The molecule has 1 nitrogen and oxygen atoms in total. The third-order valence-corrected chi connectivity index (χ3v) is 0. The van der Waals surface area contributed by atoms with Crippen LogP contribution in [0.2, 0.25) is 0 Å². The maximum absolute atomic E-state index is 9.63. The van der Waals surface area contributed by atoms with Gasteiger partial charge in [-0.05, 0) is 0 Å². The summed E-state index contributed by atoms with van der Waals surface area (Å²) in [6.45, 7) is 0. The van der Waals surface area contributed by atoms with Crippen molar-refractivity contribution in [3.05, 3.63) is 0 Å². The van der Waals surface area contributed by atoms with Gasteiger partial charge in [-0.3, -0.25) is 0 Å². The minimum atomic E-state index is -1.13. The van der Waals surface area contributed by atoms with Crippen LogP contribution >= 0.6 is 0 Å². The van der Waals surface area contributed by atoms with E-state index in [4.69, 9.17) is 0 Å². The summed E-state index contributed by atoms with van der Waals surface area (Å²) < 4.78 is 9.63. The molecule has 0 amide bonds. The fraction of sp³-hybridized carbons (Fsp3) is 1.00. The summed E-state index contributed by atoms with van der Waals surface area (Å²) in [4.78, 5) is 0. The van der Waals surface area contributed by atoms with E-state index >= 15 is 0 Å². The molecule has 0 fully saturated rings. The van der Waals surface area contributed by atoms with Gasteiger partial charge in [0.1, 0.15) is 0 Å². The molecule has 0 heterocycles. The number of hydrogen-bond donors (Lipinski definition) is 0. The van der Waals surface area contributed by atoms with Crippen molar-refractivity contribution in [3.8, 4) is 0 Å². The Morgan fingerprint density at radius 3 is 1.40 bits per heavy atom. The molecule has 0 unspecified atom stereocenters. The molecule has 0 aliphatic carbocycles. The second-order valence-corrected chi connectivity index (χ2v) is 2.72. The molecular weight excluding hydrogens is 95.1 g/mol. The molecule has 0 atom stereocenters. The molecule has 0 aliphatic heterocycles. The Bertz CT molecular complexity index is 14.4. The third kappa shape index (κ3) is 33.9. The van der Waals surface area contributed by atoms with Crippen molar-refractivity contribution in [1.29, 1.82) is 0 Å². The zero-order valence-electron chi connectivity index (χ0n) is 2.91. The molecule has 0 radical (unpaired) electrons. The van der Waals surface area contributed by atoms with E-state index in [0.29, 0.717) is 0 Å². The van der Waals surface area contributed by atoms with Crippen molar-refractivity contribution in [1.82, 2.24) is 0 Å². The zero-order valence-corrected chi connectivity index (χ0v) is 3.91. The van der Waals surface area contributed by atoms with E-state index in [2.05, 4.69) is 0 Å². The van der Waals surface area contributed by atoms with E-state index in [0.717, 1.165) is 0 Å². The third-order valence-electron chi connectivity index (χ3n) is 0. The standard InChI is InChI=1S/C2H8OS.Na.H/c1-4(2)3;;/h4H2,1-2H3;;. The number of hydrogen-bond acceptors (Lipinski definition) is 1. The van der Waals surface area contributed by atoms with Crippen LogP contribution in [0.25, 0.3) is 0 Å². The Morgan fingerprint density at radius 2 is 1.40 bits per heavy atom. The monoisotopic (exact) mass is 104 g/mol. The summed E-state index contributed by atoms with van der Waals surface area (Å²) in [5, 5.41) is 0. The van der Waals surface area contributed by atoms with Gasteiger partial charge in [-0.25, -0.2) is 0 Å². The second-order valence-electron chi connectivity index (χ2n) is 0.908. The predicted octanol–water partition coefficient (Wildman–Crippen LogP) is -1.19. The van der Waals surface area contributed by atoms with Crippen LogP contribution < -0.4 is 0 Å². The van der Waals surface area contributed by atoms with Crippen molar-refractivity contribution >= 4 is 40.7 Å². The molecule has 0 aromatic heterocycles. The van der Waals surface area contributed by atoms with Gasteiger partial charge in [-0.15, -0.1) is 0 Å². The predicted molar refractivity (Wildman–Crippen MR) is 29.9 cm³/mol. The van der Waals surface area contributed by atoms with Gasteiger partial charge in [0, 0.05) is 12.5 Å². The molecule has 0 bridgehead atoms. The molecule has 0 saturated carbocycles. The van der Waals surface area contributed by atoms with Crippen LogP contribution in [0.15, 0.2) is 0 Å². The van der Waals surface area contributed by atoms with Crippen LogP contribution in [-0.2, 0) is 11.2 Å². The van der Waals surface area contributed by atoms with Crippen LogP contribution in [0.1, 0.15) is 0 Å². The first-order valence-electron chi connectivity index (χ1n) is 1.20. The first-order chi connectivity index (χ1) is 1.73. The van der Waals surface area contributed by atoms with Crippen molar-refractivity contribution < 1.29 is 4.55 Å². The van der Waals surface area contributed by atoms with Gasteiger partial charge in [-0.2, -0.15) is 0 Å². The fourth-order valence-corrected chi connectivity index (χ4v) is 0. The summed E-state index contributed by atoms with van der Waals surface area (Å²) in [5.74, 6) is 0. The van der Waals surface area contributed by atoms with Gasteiger partial charge < -0.3 is 15.7 Å². The average Bonchev–Trinajstić information content (AvgIpc) is 0.811. The molecule has 0 saturated heterocycles. The molecule has 30 valence electrons. The SMILES string of the molecule is C[SH2+](C)[O-].[NaH]. The van der Waals surface area contributed by atoms with E-state index < -0.39 is 11.2 Å². The maximum atomic E-state index is 9.63. The minimum absolute atomic E-state index is 0. The number of rotatable bonds is 0. The van der Waals surface area contributed by atoms with Crippen molar-refractivity contribution in [3.63, 3.8) is 0 Å². The summed E-state index contributed by atoms with van der Waals surface area (Å²) in [5.41, 5.74) is 0. The van der Waals surface area contributed by atoms with E-state index in [9.17, 15) is 4.55 Å². The quantitative estimate of drug-likeness (QED) is 0.280. The van der Waals surface area contributed by atoms with E-state index in [1.165, 1.54) is 0 Å². The van der Waals surface area contributed by atoms with E-state index in [1.807, 2.05) is 0 Å². The van der Waals surface area contributed by atoms with Gasteiger partial charge >= 0.3 is 29.6 Å². The Balaban J connectivity index is 0. The summed E-state index contributed by atoms with van der Waals surface area (Å²) in [6.07, 6.45) is 3.43. The Labute approximate surface area is 57.6 Å². The molecule has 5 heavy (non-hydrogen) atoms. The second kappa shape index (κ2) is 5.31. The zero-order chi connectivity index (χ0) is 3.58. The van der Waals surface area contributed by atoms with Gasteiger partial charge in [-0.1, -0.05) is 0 Å². The molecule has 0 N–H and O–H groups in total. The van der Waals surface area contributed by atoms with Crippen molar-refractivity contribution in [2.45, 2.75) is 0 Å². The molecule has 3 heteroatoms. The van der Waals surface area contributed by atoms with Crippen molar-refractivity contribution in [2.24, 2.45) is 0 Å². The molecule has 0 aromatic rings. The summed E-state index contributed by atoms with van der Waals surface area (Å²) >= 11 is -1.13. The molecule has 0 aliphatic rings. The molecule has 0 aromatic carbocycles. The van der Waals surface area contributed by atoms with E-state index in [1.54, 1.807) is 12.5 Å². The first-order valence-corrected chi connectivity index (χ1v) is 3.61. The molecule has 0 spiro atoms. The summed E-state index contributed by atoms with van der Waals surface area (Å²) in [6, 6.07) is 0. The topological polar surface area (TPSA) is 23.1 Å². The van der Waals surface area contributed by atoms with Gasteiger partial charge in [0.25, 0.3) is 0 Å². The normalized spacial score (nSPS) is 9.00. The average molecular weight is 104 g/mol. The van der Waals surface area contributed by atoms with Gasteiger partial charge in [0.15, 0.2) is 0 Å². The molecule has 0 rings (SSSR count). The van der Waals surface area contributed by atoms with Crippen LogP contribution in [0, 0.1) is 0 Å². The fourth-order valence-electron chi connectivity index (χ4n) is 0. The van der Waals surface area contributed by atoms with Crippen LogP contribution in [0.5, 0.6) is 0 Å². The van der Waals surface area contributed by atoms with Crippen molar-refractivity contribution in [2.75, 3.05) is 12.5 Å². The first kappa shape index (κ1) is 9.58. The van der Waals surface area contributed by atoms with Crippen LogP contribution in [0.3, 0.4) is 0 Å². The van der Waals surface area contributed by atoms with Gasteiger partial charge in [0.2, 0.25) is 0 Å². The Hall–Kier alpha value is 1.31. The Kier molecular flexibility index (Phi) is 10.2. The Morgan fingerprint density at radius 1 is 1.40 bits per heavy atom. The van der Waals surface area contributed by atoms with Crippen LogP contribution in [-0.4, -0.2) is 46.6 Å². The summed E-state index contributed by atoms with van der Waals surface area (Å²) in [7, 11) is 0.